The van der Waals surface area contributed by atoms with Crippen LogP contribution >= 0.6 is 11.3 Å². The van der Waals surface area contributed by atoms with Gasteiger partial charge in [-0.05, 0) is 42.5 Å². The van der Waals surface area contributed by atoms with E-state index in [-0.39, 0.29) is 15.7 Å². The second-order valence-corrected chi connectivity index (χ2v) is 8.88. The van der Waals surface area contributed by atoms with Gasteiger partial charge in [0.15, 0.2) is 5.13 Å². The molecule has 0 spiro atoms. The highest BCUT2D eigenvalue weighted by molar-refractivity contribution is 7.93. The highest BCUT2D eigenvalue weighted by atomic mass is 32.2. The molecular weight excluding hydrogens is 432 g/mol. The number of anilines is 2. The van der Waals surface area contributed by atoms with Crippen LogP contribution in [0, 0.1) is 11.6 Å². The molecule has 0 fully saturated rings. The molecule has 1 amide bonds. The molecule has 152 valence electrons. The van der Waals surface area contributed by atoms with Crippen molar-refractivity contribution < 1.29 is 22.0 Å². The number of sulfonamides is 1. The summed E-state index contributed by atoms with van der Waals surface area (Å²) in [5, 5.41) is 2.59. The number of hydrogen-bond acceptors (Lipinski definition) is 5. The van der Waals surface area contributed by atoms with Crippen LogP contribution in [0.15, 0.2) is 71.6 Å². The molecule has 0 unspecified atom stereocenters. The summed E-state index contributed by atoms with van der Waals surface area (Å²) in [5.41, 5.74) is 0.107. The lowest BCUT2D eigenvalue weighted by Crippen LogP contribution is -2.15. The van der Waals surface area contributed by atoms with Crippen LogP contribution in [0.2, 0.25) is 0 Å². The Morgan fingerprint density at radius 2 is 1.63 bits per heavy atom. The second kappa shape index (κ2) is 7.81. The average Bonchev–Trinajstić information content (AvgIpc) is 3.09. The fourth-order valence-corrected chi connectivity index (χ4v) is 4.89. The molecule has 0 aliphatic heterocycles. The lowest BCUT2D eigenvalue weighted by molar-refractivity contribution is 0.101. The zero-order chi connectivity index (χ0) is 21.3. The Hall–Kier alpha value is -3.37. The summed E-state index contributed by atoms with van der Waals surface area (Å²) in [4.78, 5) is 16.6. The van der Waals surface area contributed by atoms with Gasteiger partial charge in [0.25, 0.3) is 15.9 Å². The summed E-state index contributed by atoms with van der Waals surface area (Å²) < 4.78 is 55.4. The van der Waals surface area contributed by atoms with Gasteiger partial charge in [0.1, 0.15) is 17.2 Å². The van der Waals surface area contributed by atoms with Gasteiger partial charge in [-0.2, -0.15) is 0 Å². The Morgan fingerprint density at radius 3 is 2.33 bits per heavy atom. The van der Waals surface area contributed by atoms with Crippen molar-refractivity contribution in [3.05, 3.63) is 83.9 Å². The number of aromatic nitrogens is 1. The lowest BCUT2D eigenvalue weighted by atomic mass is 10.1. The minimum atomic E-state index is -3.79. The van der Waals surface area contributed by atoms with Gasteiger partial charge in [0, 0.05) is 5.69 Å². The first-order valence-corrected chi connectivity index (χ1v) is 10.9. The predicted octanol–water partition coefficient (Wildman–Crippen LogP) is 4.63. The first-order chi connectivity index (χ1) is 14.3. The first kappa shape index (κ1) is 19.9. The van der Waals surface area contributed by atoms with Gasteiger partial charge in [-0.25, -0.2) is 22.2 Å². The van der Waals surface area contributed by atoms with Crippen LogP contribution in [-0.2, 0) is 10.0 Å². The minimum Gasteiger partial charge on any atom is -0.322 e. The Balaban J connectivity index is 1.58. The molecule has 0 aliphatic rings. The lowest BCUT2D eigenvalue weighted by Gasteiger charge is -2.07. The van der Waals surface area contributed by atoms with Crippen molar-refractivity contribution in [3.8, 4) is 0 Å². The molecule has 0 saturated heterocycles. The second-order valence-electron chi connectivity index (χ2n) is 6.17. The smallest absolute Gasteiger partial charge is 0.263 e. The Morgan fingerprint density at radius 1 is 0.933 bits per heavy atom. The Labute approximate surface area is 174 Å². The van der Waals surface area contributed by atoms with E-state index in [1.807, 2.05) is 0 Å². The third-order valence-electron chi connectivity index (χ3n) is 4.11. The fourth-order valence-electron chi connectivity index (χ4n) is 2.73. The predicted molar refractivity (Wildman–Crippen MR) is 111 cm³/mol. The summed E-state index contributed by atoms with van der Waals surface area (Å²) in [6, 6.07) is 15.6. The normalized spacial score (nSPS) is 11.4. The third kappa shape index (κ3) is 4.00. The summed E-state index contributed by atoms with van der Waals surface area (Å²) in [5.74, 6) is -2.87. The fraction of sp³-hybridized carbons (Fsp3) is 0. The topological polar surface area (TPSA) is 88.2 Å². The van der Waals surface area contributed by atoms with Crippen LogP contribution in [0.25, 0.3) is 10.2 Å². The van der Waals surface area contributed by atoms with Crippen LogP contribution in [0.4, 0.5) is 19.6 Å². The van der Waals surface area contributed by atoms with E-state index in [0.717, 1.165) is 23.5 Å². The van der Waals surface area contributed by atoms with Crippen molar-refractivity contribution in [2.75, 3.05) is 10.0 Å². The largest absolute Gasteiger partial charge is 0.322 e. The monoisotopic (exact) mass is 445 g/mol. The number of carbonyl (C=O) groups excluding carboxylic acids is 1. The van der Waals surface area contributed by atoms with Crippen molar-refractivity contribution in [2.45, 2.75) is 4.90 Å². The average molecular weight is 445 g/mol. The van der Waals surface area contributed by atoms with Crippen molar-refractivity contribution in [1.29, 1.82) is 0 Å². The number of fused-ring (bicyclic) bond motifs is 1. The van der Waals surface area contributed by atoms with Crippen LogP contribution < -0.4 is 10.0 Å². The molecule has 0 aliphatic carbocycles. The molecule has 4 aromatic rings. The Bertz CT molecular complexity index is 1340. The number of halogens is 2. The number of rotatable bonds is 5. The molecule has 0 radical (unpaired) electrons. The molecule has 1 heterocycles. The molecule has 3 aromatic carbocycles. The number of hydrogen-bond donors (Lipinski definition) is 2. The standard InChI is InChI=1S/C20H13F2N3O3S2/c21-14-7-4-8-15(22)18(14)19(26)23-12-9-10-16-17(11-12)29-20(24-16)25-30(27,28)13-5-2-1-3-6-13/h1-11H,(H,23,26)(H,24,25). The zero-order valence-electron chi connectivity index (χ0n) is 15.1. The third-order valence-corrected chi connectivity index (χ3v) is 6.53. The highest BCUT2D eigenvalue weighted by Crippen LogP contribution is 2.30. The van der Waals surface area contributed by atoms with E-state index in [4.69, 9.17) is 0 Å². The van der Waals surface area contributed by atoms with E-state index in [1.54, 1.807) is 30.3 Å². The molecule has 0 atom stereocenters. The van der Waals surface area contributed by atoms with Crippen molar-refractivity contribution in [3.63, 3.8) is 0 Å². The molecule has 1 aromatic heterocycles. The number of nitrogens with zero attached hydrogens (tertiary/aromatic N) is 1. The molecule has 10 heteroatoms. The number of nitrogens with one attached hydrogen (secondary N) is 2. The SMILES string of the molecule is O=C(Nc1ccc2nc(NS(=O)(=O)c3ccccc3)sc2c1)c1c(F)cccc1F. The van der Waals surface area contributed by atoms with E-state index < -0.39 is 33.1 Å². The van der Waals surface area contributed by atoms with Crippen molar-refractivity contribution in [2.24, 2.45) is 0 Å². The summed E-state index contributed by atoms with van der Waals surface area (Å²) >= 11 is 1.06. The van der Waals surface area contributed by atoms with Gasteiger partial charge in [0.05, 0.1) is 15.1 Å². The maximum absolute atomic E-state index is 13.8. The van der Waals surface area contributed by atoms with Gasteiger partial charge >= 0.3 is 0 Å². The number of amides is 1. The molecule has 4 rings (SSSR count). The van der Waals surface area contributed by atoms with Crippen LogP contribution in [0.1, 0.15) is 10.4 Å². The molecule has 0 saturated carbocycles. The summed E-state index contributed by atoms with van der Waals surface area (Å²) in [7, 11) is -3.79. The maximum Gasteiger partial charge on any atom is 0.263 e. The van der Waals surface area contributed by atoms with Crippen LogP contribution in [-0.4, -0.2) is 19.3 Å². The van der Waals surface area contributed by atoms with Crippen LogP contribution in [0.3, 0.4) is 0 Å². The van der Waals surface area contributed by atoms with E-state index in [9.17, 15) is 22.0 Å². The first-order valence-electron chi connectivity index (χ1n) is 8.57. The summed E-state index contributed by atoms with van der Waals surface area (Å²) in [6.07, 6.45) is 0. The molecular formula is C20H13F2N3O3S2. The summed E-state index contributed by atoms with van der Waals surface area (Å²) in [6.45, 7) is 0. The van der Waals surface area contributed by atoms with E-state index in [2.05, 4.69) is 15.0 Å². The number of benzene rings is 3. The van der Waals surface area contributed by atoms with E-state index >= 15 is 0 Å². The number of thiazole rings is 1. The van der Waals surface area contributed by atoms with Gasteiger partial charge in [0.2, 0.25) is 0 Å². The van der Waals surface area contributed by atoms with Crippen molar-refractivity contribution >= 4 is 48.3 Å². The Kier molecular flexibility index (Phi) is 5.18. The van der Waals surface area contributed by atoms with Gasteiger partial charge in [-0.1, -0.05) is 35.6 Å². The molecule has 30 heavy (non-hydrogen) atoms. The van der Waals surface area contributed by atoms with Gasteiger partial charge in [-0.3, -0.25) is 9.52 Å². The minimum absolute atomic E-state index is 0.101. The maximum atomic E-state index is 13.8. The molecule has 0 bridgehead atoms. The van der Waals surface area contributed by atoms with Gasteiger partial charge in [-0.15, -0.1) is 0 Å². The molecule has 2 N–H and O–H groups in total. The van der Waals surface area contributed by atoms with Crippen LogP contribution in [0.5, 0.6) is 0 Å². The highest BCUT2D eigenvalue weighted by Gasteiger charge is 2.19. The number of carbonyl (C=O) groups is 1. The van der Waals surface area contributed by atoms with E-state index in [0.29, 0.717) is 10.2 Å². The van der Waals surface area contributed by atoms with Crippen molar-refractivity contribution in [1.82, 2.24) is 4.98 Å². The van der Waals surface area contributed by atoms with E-state index in [1.165, 1.54) is 24.3 Å². The van der Waals surface area contributed by atoms with Gasteiger partial charge < -0.3 is 5.32 Å². The quantitative estimate of drug-likeness (QED) is 0.469. The zero-order valence-corrected chi connectivity index (χ0v) is 16.7. The molecule has 6 nitrogen and oxygen atoms in total.